The molecular weight excluding hydrogens is 512 g/mol. The third-order valence-electron chi connectivity index (χ3n) is 16.1. The highest BCUT2D eigenvalue weighted by atomic mass is 16.6. The van der Waals surface area contributed by atoms with Crippen LogP contribution in [0, 0.1) is 53.3 Å². The number of rotatable bonds is 6. The Morgan fingerprint density at radius 2 is 0.881 bits per heavy atom. The summed E-state index contributed by atoms with van der Waals surface area (Å²) in [6.07, 6.45) is 27.4. The van der Waals surface area contributed by atoms with E-state index in [0.717, 1.165) is 59.9 Å². The van der Waals surface area contributed by atoms with Crippen molar-refractivity contribution < 1.29 is 9.47 Å². The van der Waals surface area contributed by atoms with Crippen LogP contribution >= 0.6 is 0 Å². The summed E-state index contributed by atoms with van der Waals surface area (Å²) in [5.41, 5.74) is 6.58. The van der Waals surface area contributed by atoms with E-state index in [1.165, 1.54) is 121 Å². The normalized spacial score (nSPS) is 54.5. The van der Waals surface area contributed by atoms with Crippen molar-refractivity contribution in [1.29, 1.82) is 0 Å². The zero-order valence-corrected chi connectivity index (χ0v) is 26.3. The molecule has 14 rings (SSSR count). The van der Waals surface area contributed by atoms with Crippen molar-refractivity contribution in [2.75, 3.05) is 6.61 Å². The lowest BCUT2D eigenvalue weighted by molar-refractivity contribution is -0.0207. The van der Waals surface area contributed by atoms with Gasteiger partial charge in [-0.3, -0.25) is 0 Å². The quantitative estimate of drug-likeness (QED) is 0.320. The monoisotopic (exact) mass is 566 g/mol. The highest BCUT2D eigenvalue weighted by Gasteiger charge is 2.59. The van der Waals surface area contributed by atoms with E-state index < -0.39 is 0 Å². The molecule has 0 amide bonds. The predicted octanol–water partition coefficient (Wildman–Crippen LogP) is 9.26. The summed E-state index contributed by atoms with van der Waals surface area (Å²) in [5.74, 6) is 10.3. The molecule has 1 aromatic rings. The summed E-state index contributed by atoms with van der Waals surface area (Å²) in [6, 6.07) is 5.56. The van der Waals surface area contributed by atoms with Gasteiger partial charge in [-0.05, 0) is 192 Å². The second-order valence-electron chi connectivity index (χ2n) is 19.2. The van der Waals surface area contributed by atoms with Crippen LogP contribution in [0.1, 0.15) is 139 Å². The van der Waals surface area contributed by atoms with Crippen LogP contribution in [0.4, 0.5) is 0 Å². The van der Waals surface area contributed by atoms with Crippen LogP contribution in [0.3, 0.4) is 0 Å². The van der Waals surface area contributed by atoms with Crippen molar-refractivity contribution in [3.05, 3.63) is 28.8 Å². The first-order valence-electron chi connectivity index (χ1n) is 18.9. The molecule has 0 N–H and O–H groups in total. The Hall–Kier alpha value is -1.02. The molecule has 1 aromatic carbocycles. The SMILES string of the molecule is CC(Oc1c(C23CC4CC(CC(C4)C2)C3)ccc(C23CC4CC(CC(C4)C2)C3)c1C12CC3CC(CC(C3)C1)C2)C1CO1. The first kappa shape index (κ1) is 25.2. The molecule has 12 aliphatic carbocycles. The van der Waals surface area contributed by atoms with E-state index in [1.54, 1.807) is 5.56 Å². The lowest BCUT2D eigenvalue weighted by atomic mass is 9.43. The molecule has 0 radical (unpaired) electrons. The second-order valence-corrected chi connectivity index (χ2v) is 19.2. The highest BCUT2D eigenvalue weighted by molar-refractivity contribution is 5.58. The van der Waals surface area contributed by atoms with Gasteiger partial charge in [0.25, 0.3) is 0 Å². The van der Waals surface area contributed by atoms with Gasteiger partial charge in [0.1, 0.15) is 18.0 Å². The topological polar surface area (TPSA) is 21.8 Å². The fourth-order valence-corrected chi connectivity index (χ4v) is 16.0. The summed E-state index contributed by atoms with van der Waals surface area (Å²) < 4.78 is 13.5. The smallest absolute Gasteiger partial charge is 0.127 e. The van der Waals surface area contributed by atoms with Crippen LogP contribution in [0.15, 0.2) is 12.1 Å². The van der Waals surface area contributed by atoms with Crippen LogP contribution < -0.4 is 4.74 Å². The zero-order valence-electron chi connectivity index (χ0n) is 26.3. The molecule has 1 saturated heterocycles. The second kappa shape index (κ2) is 8.41. The van der Waals surface area contributed by atoms with E-state index in [9.17, 15) is 0 Å². The molecule has 12 saturated carbocycles. The number of epoxide rings is 1. The minimum absolute atomic E-state index is 0.178. The molecule has 42 heavy (non-hydrogen) atoms. The molecule has 13 aliphatic rings. The van der Waals surface area contributed by atoms with Crippen molar-refractivity contribution in [1.82, 2.24) is 0 Å². The maximum absolute atomic E-state index is 7.56. The Morgan fingerprint density at radius 3 is 1.26 bits per heavy atom. The third-order valence-corrected chi connectivity index (χ3v) is 16.1. The average Bonchev–Trinajstić information content (AvgIpc) is 3.76. The van der Waals surface area contributed by atoms with Crippen LogP contribution in [-0.4, -0.2) is 18.8 Å². The molecule has 2 unspecified atom stereocenters. The Morgan fingerprint density at radius 1 is 0.548 bits per heavy atom. The summed E-state index contributed by atoms with van der Waals surface area (Å²) in [5, 5.41) is 0. The van der Waals surface area contributed by atoms with Gasteiger partial charge in [0.15, 0.2) is 0 Å². The van der Waals surface area contributed by atoms with E-state index in [-0.39, 0.29) is 6.10 Å². The minimum Gasteiger partial charge on any atom is -0.487 e. The first-order chi connectivity index (χ1) is 20.4. The van der Waals surface area contributed by atoms with Gasteiger partial charge < -0.3 is 9.47 Å². The predicted molar refractivity (Wildman–Crippen MR) is 166 cm³/mol. The van der Waals surface area contributed by atoms with Crippen LogP contribution in [0.25, 0.3) is 0 Å². The summed E-state index contributed by atoms with van der Waals surface area (Å²) in [6.45, 7) is 3.25. The molecule has 226 valence electrons. The Bertz CT molecular complexity index is 1190. The molecule has 1 aliphatic heterocycles. The molecule has 2 heteroatoms. The van der Waals surface area contributed by atoms with Crippen molar-refractivity contribution >= 4 is 0 Å². The number of benzene rings is 1. The van der Waals surface area contributed by atoms with Crippen molar-refractivity contribution in [2.45, 2.75) is 151 Å². The molecule has 12 bridgehead atoms. The lowest BCUT2D eigenvalue weighted by Crippen LogP contribution is -2.53. The Balaban J connectivity index is 1.14. The van der Waals surface area contributed by atoms with Gasteiger partial charge in [-0.2, -0.15) is 0 Å². The van der Waals surface area contributed by atoms with E-state index in [0.29, 0.717) is 22.3 Å². The van der Waals surface area contributed by atoms with Gasteiger partial charge in [-0.25, -0.2) is 0 Å². The molecule has 2 atom stereocenters. The summed E-state index contributed by atoms with van der Waals surface area (Å²) >= 11 is 0. The van der Waals surface area contributed by atoms with Gasteiger partial charge in [-0.15, -0.1) is 0 Å². The minimum atomic E-state index is 0.178. The van der Waals surface area contributed by atoms with Crippen LogP contribution in [0.2, 0.25) is 0 Å². The van der Waals surface area contributed by atoms with Gasteiger partial charge in [-0.1, -0.05) is 12.1 Å². The van der Waals surface area contributed by atoms with Crippen molar-refractivity contribution in [3.63, 3.8) is 0 Å². The Kier molecular flexibility index (Phi) is 5.05. The fourth-order valence-electron chi connectivity index (χ4n) is 16.0. The summed E-state index contributed by atoms with van der Waals surface area (Å²) in [7, 11) is 0. The molecule has 13 fully saturated rings. The van der Waals surface area contributed by atoms with Gasteiger partial charge in [0, 0.05) is 16.5 Å². The van der Waals surface area contributed by atoms with Crippen LogP contribution in [0.5, 0.6) is 5.75 Å². The van der Waals surface area contributed by atoms with E-state index in [1.807, 2.05) is 11.1 Å². The standard InChI is InChI=1S/C40H54O2/c1-23(35-22-41-35)42-37-34(39-16-27-7-28(17-39)9-29(8-27)18-39)3-2-33(38-13-24-4-25(14-38)6-26(5-24)15-38)36(37)40-19-30-10-31(20-40)12-32(11-30)21-40/h2-3,23-32,35H,4-22H2,1H3. The molecule has 1 heterocycles. The Labute approximate surface area is 254 Å². The maximum atomic E-state index is 7.56. The van der Waals surface area contributed by atoms with E-state index in [4.69, 9.17) is 9.47 Å². The lowest BCUT2D eigenvalue weighted by Gasteiger charge is -2.62. The molecule has 0 aromatic heterocycles. The highest BCUT2D eigenvalue weighted by Crippen LogP contribution is 2.69. The largest absolute Gasteiger partial charge is 0.487 e. The number of hydrogen-bond acceptors (Lipinski definition) is 2. The molecule has 2 nitrogen and oxygen atoms in total. The number of ether oxygens (including phenoxy) is 2. The van der Waals surface area contributed by atoms with Crippen molar-refractivity contribution in [2.24, 2.45) is 53.3 Å². The van der Waals surface area contributed by atoms with Crippen molar-refractivity contribution in [3.8, 4) is 5.75 Å². The fraction of sp³-hybridized carbons (Fsp3) is 0.850. The number of hydrogen-bond donors (Lipinski definition) is 0. The van der Waals surface area contributed by atoms with Gasteiger partial charge >= 0.3 is 0 Å². The summed E-state index contributed by atoms with van der Waals surface area (Å²) in [4.78, 5) is 0. The van der Waals surface area contributed by atoms with Crippen LogP contribution in [-0.2, 0) is 21.0 Å². The van der Waals surface area contributed by atoms with E-state index in [2.05, 4.69) is 19.1 Å². The van der Waals surface area contributed by atoms with Gasteiger partial charge in [0.05, 0.1) is 6.61 Å². The maximum Gasteiger partial charge on any atom is 0.127 e. The molecular formula is C40H54O2. The molecule has 0 spiro atoms. The van der Waals surface area contributed by atoms with Gasteiger partial charge in [0.2, 0.25) is 0 Å². The average molecular weight is 567 g/mol. The first-order valence-corrected chi connectivity index (χ1v) is 18.9. The third kappa shape index (κ3) is 3.54. The zero-order chi connectivity index (χ0) is 27.4. The van der Waals surface area contributed by atoms with E-state index >= 15 is 0 Å².